The fourth-order valence-corrected chi connectivity index (χ4v) is 6.70. The number of hydrogen-bond acceptors (Lipinski definition) is 11. The molecule has 254 valence electrons. The first kappa shape index (κ1) is 37.2. The molecule has 3 aromatic rings. The second kappa shape index (κ2) is 16.5. The van der Waals surface area contributed by atoms with Gasteiger partial charge in [-0.25, -0.2) is 4.98 Å². The molecule has 1 heterocycles. The monoisotopic (exact) mass is 675 g/mol. The SMILES string of the molecule is CC(C)N(CCNc1ccc(S(=O)(=O)Oc2ccc3nc(NC(=O)CCCCCC(N)C(=O)OC(C)(C)C)sc3c2)cc1)C(C)C. The standard InChI is InChI=1S/C33H49N5O6S2/c1-22(2)38(23(3)4)20-19-35-24-13-16-26(17-14-24)46(41,42)44-25-15-18-28-29(21-25)45-32(36-28)37-30(39)12-10-8-9-11-27(34)31(40)43-33(5,6)7/h13-18,21-23,27,35H,8-12,19-20,34H2,1-7H3,(H,36,37,39). The molecule has 1 aromatic heterocycles. The Bertz CT molecular complexity index is 1540. The Balaban J connectivity index is 1.48. The fraction of sp³-hybridized carbons (Fsp3) is 0.545. The number of unbranched alkanes of at least 4 members (excludes halogenated alkanes) is 2. The smallest absolute Gasteiger partial charge is 0.339 e. The quantitative estimate of drug-likeness (QED) is 0.0862. The number of thiazole rings is 1. The first-order chi connectivity index (χ1) is 21.5. The van der Waals surface area contributed by atoms with Crippen LogP contribution in [0.1, 0.15) is 80.6 Å². The van der Waals surface area contributed by atoms with E-state index in [4.69, 9.17) is 14.7 Å². The number of rotatable bonds is 17. The molecule has 0 aliphatic heterocycles. The number of benzene rings is 2. The molecular weight excluding hydrogens is 627 g/mol. The molecule has 0 radical (unpaired) electrons. The van der Waals surface area contributed by atoms with Crippen LogP contribution in [-0.4, -0.2) is 67.0 Å². The lowest BCUT2D eigenvalue weighted by Crippen LogP contribution is -2.40. The first-order valence-corrected chi connectivity index (χ1v) is 18.0. The number of ether oxygens (including phenoxy) is 1. The van der Waals surface area contributed by atoms with Crippen molar-refractivity contribution in [2.45, 2.75) is 109 Å². The van der Waals surface area contributed by atoms with Gasteiger partial charge in [0.15, 0.2) is 5.13 Å². The van der Waals surface area contributed by atoms with Crippen LogP contribution in [0.5, 0.6) is 5.75 Å². The van der Waals surface area contributed by atoms with Gasteiger partial charge >= 0.3 is 16.1 Å². The van der Waals surface area contributed by atoms with Crippen LogP contribution in [0.4, 0.5) is 10.8 Å². The summed E-state index contributed by atoms with van der Waals surface area (Å²) in [4.78, 5) is 31.3. The lowest BCUT2D eigenvalue weighted by Gasteiger charge is -2.30. The van der Waals surface area contributed by atoms with Gasteiger partial charge < -0.3 is 25.3 Å². The lowest BCUT2D eigenvalue weighted by atomic mass is 10.1. The number of esters is 1. The highest BCUT2D eigenvalue weighted by atomic mass is 32.2. The van der Waals surface area contributed by atoms with E-state index in [1.54, 1.807) is 45.0 Å². The number of carbonyl (C=O) groups is 2. The van der Waals surface area contributed by atoms with E-state index in [-0.39, 0.29) is 16.6 Å². The molecule has 0 saturated carbocycles. The molecule has 0 bridgehead atoms. The number of hydrogen-bond donors (Lipinski definition) is 3. The minimum absolute atomic E-state index is 0.0493. The predicted octanol–water partition coefficient (Wildman–Crippen LogP) is 6.15. The third kappa shape index (κ3) is 11.8. The van der Waals surface area contributed by atoms with Crippen LogP contribution >= 0.6 is 11.3 Å². The lowest BCUT2D eigenvalue weighted by molar-refractivity contribution is -0.156. The highest BCUT2D eigenvalue weighted by Gasteiger charge is 2.22. The molecule has 0 fully saturated rings. The molecule has 1 amide bonds. The topological polar surface area (TPSA) is 153 Å². The van der Waals surface area contributed by atoms with Crippen LogP contribution in [0.3, 0.4) is 0 Å². The van der Waals surface area contributed by atoms with Gasteiger partial charge in [-0.1, -0.05) is 24.2 Å². The maximum atomic E-state index is 13.0. The highest BCUT2D eigenvalue weighted by Crippen LogP contribution is 2.31. The molecule has 3 rings (SSSR count). The van der Waals surface area contributed by atoms with Gasteiger partial charge in [0.25, 0.3) is 0 Å². The van der Waals surface area contributed by atoms with E-state index in [9.17, 15) is 18.0 Å². The van der Waals surface area contributed by atoms with Gasteiger partial charge in [-0.15, -0.1) is 0 Å². The van der Waals surface area contributed by atoms with E-state index in [2.05, 4.69) is 48.2 Å². The van der Waals surface area contributed by atoms with Crippen molar-refractivity contribution in [2.24, 2.45) is 5.73 Å². The van der Waals surface area contributed by atoms with Crippen molar-refractivity contribution in [3.8, 4) is 5.75 Å². The largest absolute Gasteiger partial charge is 0.459 e. The minimum Gasteiger partial charge on any atom is -0.459 e. The number of fused-ring (bicyclic) bond motifs is 1. The van der Waals surface area contributed by atoms with Crippen LogP contribution in [0.2, 0.25) is 0 Å². The number of carbonyl (C=O) groups excluding carboxylic acids is 2. The Labute approximate surface area is 277 Å². The van der Waals surface area contributed by atoms with Gasteiger partial charge in [0.05, 0.1) is 10.2 Å². The summed E-state index contributed by atoms with van der Waals surface area (Å²) in [6.07, 6.45) is 2.88. The van der Waals surface area contributed by atoms with Gasteiger partial charge in [-0.3, -0.25) is 14.5 Å². The average molecular weight is 676 g/mol. The zero-order valence-electron chi connectivity index (χ0n) is 28.0. The second-order valence-electron chi connectivity index (χ2n) is 12.8. The van der Waals surface area contributed by atoms with E-state index in [0.717, 1.165) is 25.2 Å². The molecule has 2 aromatic carbocycles. The second-order valence-corrected chi connectivity index (χ2v) is 15.4. The maximum absolute atomic E-state index is 13.0. The van der Waals surface area contributed by atoms with Crippen LogP contribution in [0.25, 0.3) is 10.2 Å². The van der Waals surface area contributed by atoms with Crippen LogP contribution in [-0.2, 0) is 24.4 Å². The van der Waals surface area contributed by atoms with E-state index in [1.807, 2.05) is 0 Å². The molecule has 1 unspecified atom stereocenters. The summed E-state index contributed by atoms with van der Waals surface area (Å²) in [5.41, 5.74) is 6.78. The van der Waals surface area contributed by atoms with Crippen LogP contribution < -0.4 is 20.6 Å². The fourth-order valence-electron chi connectivity index (χ4n) is 4.87. The van der Waals surface area contributed by atoms with Gasteiger partial charge in [0, 0.05) is 43.3 Å². The zero-order chi connectivity index (χ0) is 34.1. The third-order valence-corrected chi connectivity index (χ3v) is 9.30. The Morgan fingerprint density at radius 1 is 1.00 bits per heavy atom. The minimum atomic E-state index is -4.06. The normalized spacial score (nSPS) is 12.9. The Morgan fingerprint density at radius 3 is 2.30 bits per heavy atom. The number of amides is 1. The number of nitrogens with zero attached hydrogens (tertiary/aromatic N) is 2. The zero-order valence-corrected chi connectivity index (χ0v) is 29.6. The van der Waals surface area contributed by atoms with Gasteiger partial charge in [0.2, 0.25) is 5.91 Å². The van der Waals surface area contributed by atoms with Crippen molar-refractivity contribution < 1.29 is 26.9 Å². The van der Waals surface area contributed by atoms with Crippen molar-refractivity contribution in [1.82, 2.24) is 9.88 Å². The summed E-state index contributed by atoms with van der Waals surface area (Å²) in [7, 11) is -4.06. The van der Waals surface area contributed by atoms with E-state index >= 15 is 0 Å². The average Bonchev–Trinajstić information content (AvgIpc) is 3.35. The highest BCUT2D eigenvalue weighted by molar-refractivity contribution is 7.87. The van der Waals surface area contributed by atoms with Crippen LogP contribution in [0.15, 0.2) is 47.4 Å². The Hall–Kier alpha value is -3.26. The summed E-state index contributed by atoms with van der Waals surface area (Å²) < 4.78 is 37.3. The number of nitrogens with one attached hydrogen (secondary N) is 2. The summed E-state index contributed by atoms with van der Waals surface area (Å²) in [6, 6.07) is 11.5. The van der Waals surface area contributed by atoms with E-state index in [1.165, 1.54) is 29.5 Å². The molecular formula is C33H49N5O6S2. The number of nitrogens with two attached hydrogens (primary N) is 1. The Morgan fingerprint density at radius 2 is 1.67 bits per heavy atom. The van der Waals surface area contributed by atoms with Gasteiger partial charge in [-0.05, 0) is 97.7 Å². The molecule has 11 nitrogen and oxygen atoms in total. The first-order valence-electron chi connectivity index (χ1n) is 15.8. The number of aromatic nitrogens is 1. The molecule has 0 aliphatic carbocycles. The van der Waals surface area contributed by atoms with Gasteiger partial charge in [-0.2, -0.15) is 8.42 Å². The van der Waals surface area contributed by atoms with Crippen molar-refractivity contribution in [3.63, 3.8) is 0 Å². The van der Waals surface area contributed by atoms with Gasteiger partial charge in [0.1, 0.15) is 22.3 Å². The maximum Gasteiger partial charge on any atom is 0.339 e. The van der Waals surface area contributed by atoms with Crippen LogP contribution in [0, 0.1) is 0 Å². The summed E-state index contributed by atoms with van der Waals surface area (Å²) in [5, 5.41) is 6.57. The number of anilines is 2. The summed E-state index contributed by atoms with van der Waals surface area (Å²) >= 11 is 1.23. The molecule has 0 saturated heterocycles. The molecule has 0 aliphatic rings. The molecule has 46 heavy (non-hydrogen) atoms. The van der Waals surface area contributed by atoms with E-state index in [0.29, 0.717) is 53.1 Å². The molecule has 4 N–H and O–H groups in total. The van der Waals surface area contributed by atoms with Crippen molar-refractivity contribution in [1.29, 1.82) is 0 Å². The summed E-state index contributed by atoms with van der Waals surface area (Å²) in [5.74, 6) is -0.437. The summed E-state index contributed by atoms with van der Waals surface area (Å²) in [6.45, 7) is 15.7. The predicted molar refractivity (Wildman–Crippen MR) is 185 cm³/mol. The van der Waals surface area contributed by atoms with Crippen molar-refractivity contribution in [2.75, 3.05) is 23.7 Å². The molecule has 13 heteroatoms. The Kier molecular flexibility index (Phi) is 13.4. The van der Waals surface area contributed by atoms with E-state index < -0.39 is 27.7 Å². The van der Waals surface area contributed by atoms with Crippen molar-refractivity contribution >= 4 is 54.4 Å². The molecule has 0 spiro atoms. The molecule has 1 atom stereocenters. The third-order valence-electron chi connectivity index (χ3n) is 7.11. The van der Waals surface area contributed by atoms with Crippen molar-refractivity contribution in [3.05, 3.63) is 42.5 Å².